The molecule has 1 unspecified atom stereocenters. The molecular formula is C18H38N2S. The summed E-state index contributed by atoms with van der Waals surface area (Å²) < 4.78 is 0. The molecule has 0 heterocycles. The van der Waals surface area contributed by atoms with Crippen LogP contribution in [0, 0.1) is 5.92 Å². The largest absolute Gasteiger partial charge is 0.393 e. The van der Waals surface area contributed by atoms with Gasteiger partial charge in [0.05, 0.1) is 4.99 Å². The van der Waals surface area contributed by atoms with Crippen LogP contribution >= 0.6 is 12.2 Å². The van der Waals surface area contributed by atoms with Crippen LogP contribution in [0.4, 0.5) is 0 Å². The zero-order valence-corrected chi connectivity index (χ0v) is 15.5. The first-order valence-electron chi connectivity index (χ1n) is 9.13. The number of hydrogen-bond acceptors (Lipinski definition) is 2. The van der Waals surface area contributed by atoms with E-state index in [0.717, 1.165) is 13.1 Å². The molecule has 2 nitrogen and oxygen atoms in total. The van der Waals surface area contributed by atoms with Gasteiger partial charge < -0.3 is 10.6 Å². The zero-order valence-electron chi connectivity index (χ0n) is 14.7. The van der Waals surface area contributed by atoms with Crippen LogP contribution in [0.5, 0.6) is 0 Å². The van der Waals surface area contributed by atoms with Gasteiger partial charge in [-0.3, -0.25) is 0 Å². The predicted octanol–water partition coefficient (Wildman–Crippen LogP) is 5.15. The molecule has 0 aromatic carbocycles. The van der Waals surface area contributed by atoms with Gasteiger partial charge in [0.15, 0.2) is 0 Å². The first-order chi connectivity index (χ1) is 10.1. The number of nitrogens with two attached hydrogens (primary N) is 1. The summed E-state index contributed by atoms with van der Waals surface area (Å²) in [5, 5.41) is 0. The third-order valence-electron chi connectivity index (χ3n) is 4.29. The highest BCUT2D eigenvalue weighted by molar-refractivity contribution is 7.80. The molecule has 1 atom stereocenters. The van der Waals surface area contributed by atoms with Crippen molar-refractivity contribution in [1.29, 1.82) is 0 Å². The van der Waals surface area contributed by atoms with Crippen molar-refractivity contribution in [2.45, 2.75) is 85.0 Å². The number of nitrogens with zero attached hydrogens (tertiary/aromatic N) is 1. The Hall–Kier alpha value is -0.150. The summed E-state index contributed by atoms with van der Waals surface area (Å²) in [4.78, 5) is 3.13. The Morgan fingerprint density at radius 3 is 1.81 bits per heavy atom. The second-order valence-corrected chi connectivity index (χ2v) is 6.85. The lowest BCUT2D eigenvalue weighted by Gasteiger charge is -2.23. The van der Waals surface area contributed by atoms with Gasteiger partial charge in [-0.2, -0.15) is 0 Å². The second-order valence-electron chi connectivity index (χ2n) is 6.38. The zero-order chi connectivity index (χ0) is 15.9. The Bertz CT molecular complexity index is 243. The van der Waals surface area contributed by atoms with E-state index in [1.54, 1.807) is 0 Å². The summed E-state index contributed by atoms with van der Waals surface area (Å²) in [6.07, 6.45) is 14.0. The quantitative estimate of drug-likeness (QED) is 0.335. The molecule has 0 aromatic heterocycles. The lowest BCUT2D eigenvalue weighted by molar-refractivity contribution is 0.265. The molecule has 0 bridgehead atoms. The molecule has 0 fully saturated rings. The maximum absolute atomic E-state index is 5.70. The Morgan fingerprint density at radius 1 is 0.905 bits per heavy atom. The van der Waals surface area contributed by atoms with Gasteiger partial charge in [-0.15, -0.1) is 0 Å². The maximum Gasteiger partial charge on any atom is 0.0768 e. The van der Waals surface area contributed by atoms with Crippen molar-refractivity contribution >= 4 is 17.2 Å². The number of rotatable bonds is 15. The topological polar surface area (TPSA) is 29.3 Å². The fourth-order valence-corrected chi connectivity index (χ4v) is 2.75. The van der Waals surface area contributed by atoms with Gasteiger partial charge >= 0.3 is 0 Å². The molecular weight excluding hydrogens is 276 g/mol. The van der Waals surface area contributed by atoms with Crippen LogP contribution in [0.25, 0.3) is 0 Å². The minimum absolute atomic E-state index is 0.336. The summed E-state index contributed by atoms with van der Waals surface area (Å²) in [5.41, 5.74) is 5.70. The highest BCUT2D eigenvalue weighted by Gasteiger charge is 2.10. The molecule has 0 rings (SSSR count). The molecule has 21 heavy (non-hydrogen) atoms. The second kappa shape index (κ2) is 14.8. The van der Waals surface area contributed by atoms with Crippen LogP contribution in [-0.2, 0) is 0 Å². The van der Waals surface area contributed by atoms with Crippen molar-refractivity contribution in [3.05, 3.63) is 0 Å². The SMILES string of the molecule is CCCCCCCCCCCCN(CC)CC(C)C(N)=S. The van der Waals surface area contributed by atoms with Crippen LogP contribution in [0.1, 0.15) is 85.0 Å². The Labute approximate surface area is 138 Å². The van der Waals surface area contributed by atoms with Gasteiger partial charge in [0.25, 0.3) is 0 Å². The van der Waals surface area contributed by atoms with Crippen LogP contribution in [0.3, 0.4) is 0 Å². The van der Waals surface area contributed by atoms with Gasteiger partial charge in [0.1, 0.15) is 0 Å². The molecule has 0 saturated heterocycles. The number of unbranched alkanes of at least 4 members (excludes halogenated alkanes) is 9. The molecule has 0 amide bonds. The van der Waals surface area contributed by atoms with E-state index in [1.807, 2.05) is 0 Å². The normalized spacial score (nSPS) is 12.8. The Kier molecular flexibility index (Phi) is 14.7. The molecule has 0 radical (unpaired) electrons. The summed E-state index contributed by atoms with van der Waals surface area (Å²) in [7, 11) is 0. The van der Waals surface area contributed by atoms with E-state index in [9.17, 15) is 0 Å². The fraction of sp³-hybridized carbons (Fsp3) is 0.944. The standard InChI is InChI=1S/C18H38N2S/c1-4-6-7-8-9-10-11-12-13-14-15-20(5-2)16-17(3)18(19)21/h17H,4-16H2,1-3H3,(H2,19,21). The predicted molar refractivity (Wildman–Crippen MR) is 99.9 cm³/mol. The van der Waals surface area contributed by atoms with E-state index < -0.39 is 0 Å². The first kappa shape index (κ1) is 20.9. The molecule has 3 heteroatoms. The van der Waals surface area contributed by atoms with E-state index >= 15 is 0 Å². The average Bonchev–Trinajstić information content (AvgIpc) is 2.47. The van der Waals surface area contributed by atoms with Crippen molar-refractivity contribution in [3.8, 4) is 0 Å². The van der Waals surface area contributed by atoms with Crippen molar-refractivity contribution < 1.29 is 0 Å². The monoisotopic (exact) mass is 314 g/mol. The molecule has 0 aliphatic rings. The Balaban J connectivity index is 3.41. The average molecular weight is 315 g/mol. The van der Waals surface area contributed by atoms with Gasteiger partial charge in [-0.25, -0.2) is 0 Å². The highest BCUT2D eigenvalue weighted by Crippen LogP contribution is 2.11. The summed E-state index contributed by atoms with van der Waals surface area (Å²) >= 11 is 5.06. The molecule has 0 spiro atoms. The van der Waals surface area contributed by atoms with Crippen LogP contribution < -0.4 is 5.73 Å². The summed E-state index contributed by atoms with van der Waals surface area (Å²) in [5.74, 6) is 0.336. The maximum atomic E-state index is 5.70. The fourth-order valence-electron chi connectivity index (χ4n) is 2.68. The van der Waals surface area contributed by atoms with Gasteiger partial charge in [0.2, 0.25) is 0 Å². The Morgan fingerprint density at radius 2 is 1.38 bits per heavy atom. The minimum Gasteiger partial charge on any atom is -0.393 e. The van der Waals surface area contributed by atoms with E-state index in [0.29, 0.717) is 10.9 Å². The van der Waals surface area contributed by atoms with E-state index in [2.05, 4.69) is 25.7 Å². The number of hydrogen-bond donors (Lipinski definition) is 1. The van der Waals surface area contributed by atoms with Crippen molar-refractivity contribution in [1.82, 2.24) is 4.90 Å². The third kappa shape index (κ3) is 13.2. The molecule has 0 aliphatic heterocycles. The van der Waals surface area contributed by atoms with E-state index in [1.165, 1.54) is 70.8 Å². The first-order valence-corrected chi connectivity index (χ1v) is 9.54. The van der Waals surface area contributed by atoms with Gasteiger partial charge in [0, 0.05) is 12.5 Å². The smallest absolute Gasteiger partial charge is 0.0768 e. The van der Waals surface area contributed by atoms with Crippen LogP contribution in [0.15, 0.2) is 0 Å². The van der Waals surface area contributed by atoms with Crippen molar-refractivity contribution in [2.75, 3.05) is 19.6 Å². The lowest BCUT2D eigenvalue weighted by atomic mass is 10.1. The minimum atomic E-state index is 0.336. The molecule has 0 saturated carbocycles. The van der Waals surface area contributed by atoms with Gasteiger partial charge in [-0.1, -0.05) is 90.8 Å². The molecule has 126 valence electrons. The number of thiocarbonyl (C=S) groups is 1. The lowest BCUT2D eigenvalue weighted by Crippen LogP contribution is -2.34. The van der Waals surface area contributed by atoms with E-state index in [-0.39, 0.29) is 0 Å². The van der Waals surface area contributed by atoms with Crippen molar-refractivity contribution in [3.63, 3.8) is 0 Å². The van der Waals surface area contributed by atoms with Crippen LogP contribution in [-0.4, -0.2) is 29.5 Å². The third-order valence-corrected chi connectivity index (χ3v) is 4.70. The van der Waals surface area contributed by atoms with Crippen molar-refractivity contribution in [2.24, 2.45) is 11.7 Å². The van der Waals surface area contributed by atoms with Crippen LogP contribution in [0.2, 0.25) is 0 Å². The highest BCUT2D eigenvalue weighted by atomic mass is 32.1. The molecule has 0 aromatic rings. The summed E-state index contributed by atoms with van der Waals surface area (Å²) in [6.45, 7) is 9.95. The summed E-state index contributed by atoms with van der Waals surface area (Å²) in [6, 6.07) is 0. The molecule has 2 N–H and O–H groups in total. The molecule has 0 aliphatic carbocycles. The van der Waals surface area contributed by atoms with Gasteiger partial charge in [-0.05, 0) is 19.5 Å². The van der Waals surface area contributed by atoms with E-state index in [4.69, 9.17) is 18.0 Å².